The fraction of sp³-hybridized carbons (Fsp3) is 0.409. The van der Waals surface area contributed by atoms with Gasteiger partial charge in [0.15, 0.2) is 0 Å². The Morgan fingerprint density at radius 3 is 2.59 bits per heavy atom. The van der Waals surface area contributed by atoms with Crippen molar-refractivity contribution in [3.63, 3.8) is 0 Å². The minimum Gasteiger partial charge on any atom is -0.465 e. The number of hydrogen-bond acceptors (Lipinski definition) is 4. The topological polar surface area (TPSA) is 59.5 Å². The number of rotatable bonds is 3. The first-order valence-corrected chi connectivity index (χ1v) is 9.52. The maximum absolute atomic E-state index is 13.3. The highest BCUT2D eigenvalue weighted by Gasteiger charge is 2.72. The molecule has 0 N–H and O–H groups in total. The van der Waals surface area contributed by atoms with E-state index in [0.717, 1.165) is 43.5 Å². The van der Waals surface area contributed by atoms with Gasteiger partial charge in [0.05, 0.1) is 18.1 Å². The monoisotopic (exact) mass is 362 g/mol. The molecule has 1 aliphatic heterocycles. The number of carbonyl (C=O) groups excluding carboxylic acids is 2. The van der Waals surface area contributed by atoms with E-state index in [9.17, 15) is 9.59 Å². The highest BCUT2D eigenvalue weighted by molar-refractivity contribution is 6.01. The summed E-state index contributed by atoms with van der Waals surface area (Å²) in [4.78, 5) is 31.4. The van der Waals surface area contributed by atoms with Crippen molar-refractivity contribution in [2.75, 3.05) is 18.6 Å². The standard InChI is InChI=1S/C22H22N2O3/c1-27-19(25)16-10-15-6-5-9-24(18(15)23-11-16)20(26)22-12-21(13-22,14-22)17-7-3-2-4-8-17/h2-4,7-8,10-11H,5-6,9,12-14H2,1H3. The number of esters is 1. The number of hydrogen-bond donors (Lipinski definition) is 0. The van der Waals surface area contributed by atoms with Crippen molar-refractivity contribution in [1.29, 1.82) is 0 Å². The highest BCUT2D eigenvalue weighted by Crippen LogP contribution is 2.74. The van der Waals surface area contributed by atoms with Crippen LogP contribution in [0.15, 0.2) is 42.6 Å². The van der Waals surface area contributed by atoms with Gasteiger partial charge in [0.1, 0.15) is 5.82 Å². The second-order valence-electron chi connectivity index (χ2n) is 8.22. The number of anilines is 1. The van der Waals surface area contributed by atoms with Gasteiger partial charge in [-0.3, -0.25) is 9.69 Å². The van der Waals surface area contributed by atoms with Gasteiger partial charge in [-0.2, -0.15) is 0 Å². The SMILES string of the molecule is COC(=O)c1cnc2c(c1)CCCN2C(=O)C12CC(c3ccccc3)(C1)C2. The van der Waals surface area contributed by atoms with E-state index in [1.165, 1.54) is 18.9 Å². The van der Waals surface area contributed by atoms with E-state index in [0.29, 0.717) is 12.1 Å². The number of carbonyl (C=O) groups is 2. The molecule has 1 aromatic carbocycles. The number of ether oxygens (including phenoxy) is 1. The smallest absolute Gasteiger partial charge is 0.339 e. The van der Waals surface area contributed by atoms with E-state index in [1.807, 2.05) is 17.0 Å². The number of methoxy groups -OCH3 is 1. The molecule has 5 heteroatoms. The molecule has 0 atom stereocenters. The second-order valence-corrected chi connectivity index (χ2v) is 8.22. The van der Waals surface area contributed by atoms with Crippen molar-refractivity contribution >= 4 is 17.7 Å². The molecule has 3 aliphatic carbocycles. The molecular weight excluding hydrogens is 340 g/mol. The molecule has 0 unspecified atom stereocenters. The molecule has 2 heterocycles. The fourth-order valence-corrected chi connectivity index (χ4v) is 5.29. The second kappa shape index (κ2) is 5.65. The molecule has 0 radical (unpaired) electrons. The van der Waals surface area contributed by atoms with Crippen molar-refractivity contribution in [2.24, 2.45) is 5.41 Å². The van der Waals surface area contributed by atoms with Gasteiger partial charge in [-0.05, 0) is 54.7 Å². The molecule has 2 bridgehead atoms. The van der Waals surface area contributed by atoms with Gasteiger partial charge < -0.3 is 4.74 Å². The quantitative estimate of drug-likeness (QED) is 0.787. The number of nitrogens with zero attached hydrogens (tertiary/aromatic N) is 2. The molecule has 3 fully saturated rings. The number of amides is 1. The zero-order chi connectivity index (χ0) is 18.6. The van der Waals surface area contributed by atoms with E-state index < -0.39 is 5.97 Å². The number of benzene rings is 1. The van der Waals surface area contributed by atoms with Crippen LogP contribution in [0.2, 0.25) is 0 Å². The Balaban J connectivity index is 1.37. The van der Waals surface area contributed by atoms with Crippen molar-refractivity contribution < 1.29 is 14.3 Å². The first kappa shape index (κ1) is 16.5. The van der Waals surface area contributed by atoms with E-state index in [4.69, 9.17) is 4.74 Å². The molecule has 1 amide bonds. The normalized spacial score (nSPS) is 27.8. The van der Waals surface area contributed by atoms with Crippen LogP contribution < -0.4 is 4.90 Å². The summed E-state index contributed by atoms with van der Waals surface area (Å²) < 4.78 is 4.78. The summed E-state index contributed by atoms with van der Waals surface area (Å²) in [5, 5.41) is 0. The molecule has 2 aromatic rings. The third kappa shape index (κ3) is 2.27. The van der Waals surface area contributed by atoms with Crippen LogP contribution in [0.5, 0.6) is 0 Å². The van der Waals surface area contributed by atoms with Gasteiger partial charge >= 0.3 is 5.97 Å². The molecule has 0 spiro atoms. The Bertz CT molecular complexity index is 918. The van der Waals surface area contributed by atoms with Crippen molar-refractivity contribution in [2.45, 2.75) is 37.5 Å². The van der Waals surface area contributed by atoms with Crippen molar-refractivity contribution in [3.05, 3.63) is 59.3 Å². The molecule has 5 nitrogen and oxygen atoms in total. The molecule has 6 rings (SSSR count). The Morgan fingerprint density at radius 2 is 1.89 bits per heavy atom. The lowest BCUT2D eigenvalue weighted by Gasteiger charge is -2.70. The summed E-state index contributed by atoms with van der Waals surface area (Å²) >= 11 is 0. The van der Waals surface area contributed by atoms with Crippen LogP contribution in [-0.2, 0) is 21.4 Å². The van der Waals surface area contributed by atoms with Crippen LogP contribution in [0, 0.1) is 5.41 Å². The van der Waals surface area contributed by atoms with E-state index >= 15 is 0 Å². The zero-order valence-electron chi connectivity index (χ0n) is 15.4. The lowest BCUT2D eigenvalue weighted by molar-refractivity contribution is -0.173. The summed E-state index contributed by atoms with van der Waals surface area (Å²) in [6.07, 6.45) is 6.06. The maximum atomic E-state index is 13.3. The van der Waals surface area contributed by atoms with Gasteiger partial charge in [0.2, 0.25) is 5.91 Å². The van der Waals surface area contributed by atoms with Gasteiger partial charge in [0, 0.05) is 12.7 Å². The molecule has 3 saturated carbocycles. The molecule has 1 aromatic heterocycles. The van der Waals surface area contributed by atoms with Crippen LogP contribution in [0.3, 0.4) is 0 Å². The summed E-state index contributed by atoms with van der Waals surface area (Å²) in [6.45, 7) is 0.705. The third-order valence-electron chi connectivity index (χ3n) is 6.56. The van der Waals surface area contributed by atoms with Crippen molar-refractivity contribution in [3.8, 4) is 0 Å². The zero-order valence-corrected chi connectivity index (χ0v) is 15.4. The summed E-state index contributed by atoms with van der Waals surface area (Å²) in [6, 6.07) is 12.4. The van der Waals surface area contributed by atoms with Crippen LogP contribution >= 0.6 is 0 Å². The van der Waals surface area contributed by atoms with Crippen molar-refractivity contribution in [1.82, 2.24) is 4.98 Å². The minimum atomic E-state index is -0.391. The number of fused-ring (bicyclic) bond motifs is 1. The Hall–Kier alpha value is -2.69. The number of aromatic nitrogens is 1. The Kier molecular flexibility index (Phi) is 3.45. The first-order valence-electron chi connectivity index (χ1n) is 9.52. The minimum absolute atomic E-state index is 0.206. The Morgan fingerprint density at radius 1 is 1.15 bits per heavy atom. The molecular formula is C22H22N2O3. The lowest BCUT2D eigenvalue weighted by atomic mass is 9.33. The maximum Gasteiger partial charge on any atom is 0.339 e. The van der Waals surface area contributed by atoms with E-state index in [1.54, 1.807) is 0 Å². The van der Waals surface area contributed by atoms with Gasteiger partial charge in [-0.1, -0.05) is 30.3 Å². The lowest BCUT2D eigenvalue weighted by Crippen LogP contribution is -2.70. The summed E-state index contributed by atoms with van der Waals surface area (Å²) in [5.41, 5.74) is 2.76. The summed E-state index contributed by atoms with van der Waals surface area (Å²) in [7, 11) is 1.36. The van der Waals surface area contributed by atoms with Crippen LogP contribution in [0.25, 0.3) is 0 Å². The largest absolute Gasteiger partial charge is 0.465 e. The molecule has 4 aliphatic rings. The van der Waals surface area contributed by atoms with Crippen LogP contribution in [0.1, 0.15) is 47.2 Å². The predicted octanol–water partition coefficient (Wildman–Crippen LogP) is 3.27. The molecule has 0 saturated heterocycles. The van der Waals surface area contributed by atoms with Gasteiger partial charge in [-0.25, -0.2) is 9.78 Å². The predicted molar refractivity (Wildman–Crippen MR) is 101 cm³/mol. The van der Waals surface area contributed by atoms with Gasteiger partial charge in [0.25, 0.3) is 0 Å². The Labute approximate surface area is 158 Å². The van der Waals surface area contributed by atoms with E-state index in [2.05, 4.69) is 29.2 Å². The van der Waals surface area contributed by atoms with Crippen LogP contribution in [0.4, 0.5) is 5.82 Å². The third-order valence-corrected chi connectivity index (χ3v) is 6.56. The average Bonchev–Trinajstić information content (AvgIpc) is 2.65. The number of pyridine rings is 1. The van der Waals surface area contributed by atoms with Crippen LogP contribution in [-0.4, -0.2) is 30.5 Å². The fourth-order valence-electron chi connectivity index (χ4n) is 5.29. The first-order chi connectivity index (χ1) is 13.1. The summed E-state index contributed by atoms with van der Waals surface area (Å²) in [5.74, 6) is 0.537. The molecule has 27 heavy (non-hydrogen) atoms. The van der Waals surface area contributed by atoms with Gasteiger partial charge in [-0.15, -0.1) is 0 Å². The molecule has 138 valence electrons. The highest BCUT2D eigenvalue weighted by atomic mass is 16.5. The number of aryl methyl sites for hydroxylation is 1. The van der Waals surface area contributed by atoms with E-state index in [-0.39, 0.29) is 16.7 Å². The average molecular weight is 362 g/mol.